The van der Waals surface area contributed by atoms with Crippen LogP contribution in [0.15, 0.2) is 0 Å². The average Bonchev–Trinajstić information content (AvgIpc) is 2.62. The third-order valence-corrected chi connectivity index (χ3v) is 2.82. The van der Waals surface area contributed by atoms with Gasteiger partial charge in [-0.15, -0.1) is 0 Å². The normalized spacial score (nSPS) is 34.8. The number of hydrogen-bond donors (Lipinski definition) is 0. The molecule has 0 aromatic carbocycles. The quantitative estimate of drug-likeness (QED) is 0.598. The summed E-state index contributed by atoms with van der Waals surface area (Å²) < 4.78 is 5.12. The van der Waals surface area contributed by atoms with Crippen molar-refractivity contribution in [2.75, 3.05) is 13.2 Å². The monoisotopic (exact) mass is 176 g/mol. The topological polar surface area (TPSA) is 73.9 Å². The molecule has 4 nitrogen and oxygen atoms in total. The summed E-state index contributed by atoms with van der Waals surface area (Å²) in [6.45, 7) is 1.23. The van der Waals surface area contributed by atoms with E-state index in [0.717, 1.165) is 0 Å². The fourth-order valence-corrected chi connectivity index (χ4v) is 2.01. The molecule has 1 heterocycles. The Morgan fingerprint density at radius 3 is 2.31 bits per heavy atom. The van der Waals surface area contributed by atoms with Crippen LogP contribution >= 0.6 is 0 Å². The SMILES string of the molecule is N#CC(C#N)C(=O)C1C2COCC21. The Balaban J connectivity index is 2.01. The standard InChI is InChI=1S/C9H8N2O2/c10-1-5(2-11)9(12)8-6-3-13-4-7(6)8/h5-8H,3-4H2. The molecule has 2 atom stereocenters. The van der Waals surface area contributed by atoms with E-state index < -0.39 is 5.92 Å². The number of carbonyl (C=O) groups excluding carboxylic acids is 1. The van der Waals surface area contributed by atoms with Gasteiger partial charge in [0.2, 0.25) is 0 Å². The van der Waals surface area contributed by atoms with Gasteiger partial charge in [-0.05, 0) is 11.8 Å². The Labute approximate surface area is 75.7 Å². The number of ether oxygens (including phenoxy) is 1. The Hall–Kier alpha value is -1.39. The van der Waals surface area contributed by atoms with Gasteiger partial charge in [0.25, 0.3) is 0 Å². The zero-order valence-electron chi connectivity index (χ0n) is 6.93. The number of ketones is 1. The highest BCUT2D eigenvalue weighted by Gasteiger charge is 2.58. The van der Waals surface area contributed by atoms with E-state index in [4.69, 9.17) is 15.3 Å². The van der Waals surface area contributed by atoms with Gasteiger partial charge in [0, 0.05) is 5.92 Å². The zero-order chi connectivity index (χ0) is 9.42. The Morgan fingerprint density at radius 1 is 1.31 bits per heavy atom. The number of carbonyl (C=O) groups is 1. The molecule has 0 radical (unpaired) electrons. The second-order valence-electron chi connectivity index (χ2n) is 3.48. The first-order chi connectivity index (χ1) is 6.29. The molecular formula is C9H8N2O2. The second-order valence-corrected chi connectivity index (χ2v) is 3.48. The molecule has 4 heteroatoms. The third kappa shape index (κ3) is 1.11. The first-order valence-electron chi connectivity index (χ1n) is 4.20. The number of nitriles is 2. The van der Waals surface area contributed by atoms with Gasteiger partial charge >= 0.3 is 0 Å². The summed E-state index contributed by atoms with van der Waals surface area (Å²) in [5.41, 5.74) is 0. The molecule has 1 saturated carbocycles. The molecule has 0 N–H and O–H groups in total. The van der Waals surface area contributed by atoms with Gasteiger partial charge in [0.1, 0.15) is 0 Å². The van der Waals surface area contributed by atoms with Crippen molar-refractivity contribution in [1.82, 2.24) is 0 Å². The highest BCUT2D eigenvalue weighted by molar-refractivity contribution is 5.90. The van der Waals surface area contributed by atoms with E-state index in [1.807, 2.05) is 0 Å². The van der Waals surface area contributed by atoms with Crippen molar-refractivity contribution in [3.8, 4) is 12.1 Å². The van der Waals surface area contributed by atoms with Gasteiger partial charge in [-0.2, -0.15) is 10.5 Å². The van der Waals surface area contributed by atoms with Gasteiger partial charge in [0.15, 0.2) is 11.7 Å². The van der Waals surface area contributed by atoms with E-state index in [1.165, 1.54) is 0 Å². The van der Waals surface area contributed by atoms with Crippen LogP contribution in [0.25, 0.3) is 0 Å². The lowest BCUT2D eigenvalue weighted by Gasteiger charge is -2.02. The van der Waals surface area contributed by atoms with Crippen LogP contribution in [0.3, 0.4) is 0 Å². The molecule has 2 aliphatic rings. The van der Waals surface area contributed by atoms with Crippen molar-refractivity contribution in [2.24, 2.45) is 23.7 Å². The first-order valence-corrected chi connectivity index (χ1v) is 4.20. The molecule has 0 aromatic heterocycles. The number of hydrogen-bond acceptors (Lipinski definition) is 4. The van der Waals surface area contributed by atoms with Crippen molar-refractivity contribution in [1.29, 1.82) is 10.5 Å². The van der Waals surface area contributed by atoms with Gasteiger partial charge in [-0.3, -0.25) is 4.79 Å². The predicted octanol–water partition coefficient (Wildman–Crippen LogP) is 0.111. The number of nitrogens with zero attached hydrogens (tertiary/aromatic N) is 2. The minimum atomic E-state index is -1.07. The molecule has 1 aliphatic carbocycles. The molecule has 1 aliphatic heterocycles. The largest absolute Gasteiger partial charge is 0.381 e. The van der Waals surface area contributed by atoms with Crippen molar-refractivity contribution in [3.05, 3.63) is 0 Å². The molecule has 0 bridgehead atoms. The fraction of sp³-hybridized carbons (Fsp3) is 0.667. The van der Waals surface area contributed by atoms with E-state index in [-0.39, 0.29) is 23.5 Å². The molecule has 2 fully saturated rings. The molecule has 0 spiro atoms. The highest BCUT2D eigenvalue weighted by Crippen LogP contribution is 2.51. The van der Waals surface area contributed by atoms with Crippen LogP contribution in [-0.2, 0) is 9.53 Å². The Morgan fingerprint density at radius 2 is 1.85 bits per heavy atom. The lowest BCUT2D eigenvalue weighted by atomic mass is 10.0. The van der Waals surface area contributed by atoms with E-state index >= 15 is 0 Å². The molecule has 0 aromatic rings. The van der Waals surface area contributed by atoms with Crippen LogP contribution in [0.1, 0.15) is 0 Å². The van der Waals surface area contributed by atoms with Gasteiger partial charge in [-0.1, -0.05) is 0 Å². The highest BCUT2D eigenvalue weighted by atomic mass is 16.5. The lowest BCUT2D eigenvalue weighted by Crippen LogP contribution is -2.17. The molecule has 13 heavy (non-hydrogen) atoms. The van der Waals surface area contributed by atoms with Crippen LogP contribution in [0.5, 0.6) is 0 Å². The summed E-state index contributed by atoms with van der Waals surface area (Å²) in [6.07, 6.45) is 0. The van der Waals surface area contributed by atoms with Crippen molar-refractivity contribution < 1.29 is 9.53 Å². The lowest BCUT2D eigenvalue weighted by molar-refractivity contribution is -0.122. The van der Waals surface area contributed by atoms with Gasteiger partial charge in [0.05, 0.1) is 25.4 Å². The van der Waals surface area contributed by atoms with Crippen LogP contribution in [0, 0.1) is 46.3 Å². The van der Waals surface area contributed by atoms with E-state index in [1.54, 1.807) is 12.1 Å². The van der Waals surface area contributed by atoms with E-state index in [2.05, 4.69) is 0 Å². The maximum absolute atomic E-state index is 11.5. The molecule has 2 rings (SSSR count). The fourth-order valence-electron chi connectivity index (χ4n) is 2.01. The Kier molecular flexibility index (Phi) is 1.79. The number of Topliss-reactive ketones (excluding diaryl/α,β-unsaturated/α-hetero) is 1. The van der Waals surface area contributed by atoms with Crippen molar-refractivity contribution in [3.63, 3.8) is 0 Å². The van der Waals surface area contributed by atoms with Crippen LogP contribution in [0.4, 0.5) is 0 Å². The average molecular weight is 176 g/mol. The van der Waals surface area contributed by atoms with Crippen LogP contribution in [-0.4, -0.2) is 19.0 Å². The number of rotatable bonds is 2. The Bertz CT molecular complexity index is 301. The minimum absolute atomic E-state index is 0.0713. The van der Waals surface area contributed by atoms with Gasteiger partial charge in [-0.25, -0.2) is 0 Å². The van der Waals surface area contributed by atoms with Crippen LogP contribution in [0.2, 0.25) is 0 Å². The maximum atomic E-state index is 11.5. The summed E-state index contributed by atoms with van der Waals surface area (Å²) in [4.78, 5) is 11.5. The second kappa shape index (κ2) is 2.83. The first kappa shape index (κ1) is 8.22. The van der Waals surface area contributed by atoms with Crippen molar-refractivity contribution in [2.45, 2.75) is 0 Å². The summed E-state index contributed by atoms with van der Waals surface area (Å²) in [7, 11) is 0. The maximum Gasteiger partial charge on any atom is 0.191 e. The predicted molar refractivity (Wildman–Crippen MR) is 41.0 cm³/mol. The number of fused-ring (bicyclic) bond motifs is 1. The third-order valence-electron chi connectivity index (χ3n) is 2.82. The molecule has 1 saturated heterocycles. The summed E-state index contributed by atoms with van der Waals surface area (Å²) in [5, 5.41) is 17.0. The van der Waals surface area contributed by atoms with E-state index in [9.17, 15) is 4.79 Å². The van der Waals surface area contributed by atoms with Crippen molar-refractivity contribution >= 4 is 5.78 Å². The minimum Gasteiger partial charge on any atom is -0.381 e. The molecular weight excluding hydrogens is 168 g/mol. The van der Waals surface area contributed by atoms with E-state index in [0.29, 0.717) is 13.2 Å². The summed E-state index contributed by atoms with van der Waals surface area (Å²) >= 11 is 0. The van der Waals surface area contributed by atoms with Crippen LogP contribution < -0.4 is 0 Å². The smallest absolute Gasteiger partial charge is 0.191 e. The summed E-state index contributed by atoms with van der Waals surface area (Å²) in [5.74, 6) is -0.773. The molecule has 66 valence electrons. The molecule has 0 amide bonds. The molecule has 2 unspecified atom stereocenters. The summed E-state index contributed by atoms with van der Waals surface area (Å²) in [6, 6.07) is 3.42. The van der Waals surface area contributed by atoms with Gasteiger partial charge < -0.3 is 4.74 Å². The zero-order valence-corrected chi connectivity index (χ0v) is 6.93.